The van der Waals surface area contributed by atoms with Gasteiger partial charge in [0.25, 0.3) is 0 Å². The first kappa shape index (κ1) is 17.7. The van der Waals surface area contributed by atoms with E-state index in [1.807, 2.05) is 37.3 Å². The molecule has 0 atom stereocenters. The van der Waals surface area contributed by atoms with Gasteiger partial charge in [0.2, 0.25) is 5.91 Å². The van der Waals surface area contributed by atoms with Crippen molar-refractivity contribution in [3.05, 3.63) is 41.5 Å². The van der Waals surface area contributed by atoms with E-state index in [9.17, 15) is 4.79 Å². The van der Waals surface area contributed by atoms with Crippen molar-refractivity contribution in [1.82, 2.24) is 10.2 Å². The first-order valence-corrected chi connectivity index (χ1v) is 9.69. The van der Waals surface area contributed by atoms with Crippen LogP contribution in [0.15, 0.2) is 35.4 Å². The van der Waals surface area contributed by atoms with Gasteiger partial charge in [-0.25, -0.2) is 0 Å². The summed E-state index contributed by atoms with van der Waals surface area (Å²) in [5.41, 5.74) is 3.22. The molecule has 6 heteroatoms. The standard InChI is InChI=1S/C19H24N4OS/c1-14-6-7-16(12-15(14)2)20-18(24)13-25-19-9-8-17(21-22-19)23-10-4-3-5-11-23/h6-9,12H,3-5,10-11,13H2,1-2H3,(H,20,24). The Morgan fingerprint density at radius 1 is 1.08 bits per heavy atom. The summed E-state index contributed by atoms with van der Waals surface area (Å²) in [5, 5.41) is 12.3. The number of hydrogen-bond acceptors (Lipinski definition) is 5. The highest BCUT2D eigenvalue weighted by Gasteiger charge is 2.13. The monoisotopic (exact) mass is 356 g/mol. The van der Waals surface area contributed by atoms with E-state index < -0.39 is 0 Å². The van der Waals surface area contributed by atoms with E-state index in [-0.39, 0.29) is 5.91 Å². The van der Waals surface area contributed by atoms with Crippen molar-refractivity contribution in [3.63, 3.8) is 0 Å². The molecule has 1 N–H and O–H groups in total. The molecule has 1 saturated heterocycles. The van der Waals surface area contributed by atoms with Gasteiger partial charge in [0, 0.05) is 18.8 Å². The molecule has 0 spiro atoms. The lowest BCUT2D eigenvalue weighted by molar-refractivity contribution is -0.113. The zero-order chi connectivity index (χ0) is 17.6. The molecule has 1 aromatic carbocycles. The normalized spacial score (nSPS) is 14.4. The average Bonchev–Trinajstić information content (AvgIpc) is 2.64. The Hall–Kier alpha value is -2.08. The van der Waals surface area contributed by atoms with E-state index in [0.29, 0.717) is 5.75 Å². The van der Waals surface area contributed by atoms with Gasteiger partial charge < -0.3 is 10.2 Å². The summed E-state index contributed by atoms with van der Waals surface area (Å²) in [6.45, 7) is 6.21. The molecule has 0 radical (unpaired) electrons. The first-order valence-electron chi connectivity index (χ1n) is 8.70. The van der Waals surface area contributed by atoms with Crippen LogP contribution in [-0.2, 0) is 4.79 Å². The number of hydrogen-bond donors (Lipinski definition) is 1. The Labute approximate surface area is 153 Å². The Balaban J connectivity index is 1.50. The summed E-state index contributed by atoms with van der Waals surface area (Å²) >= 11 is 1.41. The van der Waals surface area contributed by atoms with Crippen molar-refractivity contribution in [2.24, 2.45) is 0 Å². The third-order valence-electron chi connectivity index (χ3n) is 4.45. The number of aryl methyl sites for hydroxylation is 2. The van der Waals surface area contributed by atoms with Crippen molar-refractivity contribution >= 4 is 29.2 Å². The topological polar surface area (TPSA) is 58.1 Å². The average molecular weight is 356 g/mol. The third-order valence-corrected chi connectivity index (χ3v) is 5.37. The summed E-state index contributed by atoms with van der Waals surface area (Å²) in [6, 6.07) is 9.89. The number of benzene rings is 1. The van der Waals surface area contributed by atoms with Gasteiger partial charge in [-0.05, 0) is 68.5 Å². The summed E-state index contributed by atoms with van der Waals surface area (Å²) in [4.78, 5) is 14.4. The smallest absolute Gasteiger partial charge is 0.234 e. The van der Waals surface area contributed by atoms with E-state index in [1.165, 1.54) is 42.2 Å². The molecule has 0 saturated carbocycles. The molecule has 2 aromatic rings. The largest absolute Gasteiger partial charge is 0.355 e. The summed E-state index contributed by atoms with van der Waals surface area (Å²) in [7, 11) is 0. The fourth-order valence-corrected chi connectivity index (χ4v) is 3.45. The second kappa shape index (κ2) is 8.34. The van der Waals surface area contributed by atoms with Crippen LogP contribution in [0.3, 0.4) is 0 Å². The number of anilines is 2. The molecule has 5 nitrogen and oxygen atoms in total. The molecule has 25 heavy (non-hydrogen) atoms. The molecule has 1 aliphatic rings. The van der Waals surface area contributed by atoms with Gasteiger partial charge >= 0.3 is 0 Å². The van der Waals surface area contributed by atoms with Crippen molar-refractivity contribution in [1.29, 1.82) is 0 Å². The maximum atomic E-state index is 12.1. The van der Waals surface area contributed by atoms with Crippen molar-refractivity contribution in [2.75, 3.05) is 29.1 Å². The van der Waals surface area contributed by atoms with Crippen LogP contribution in [0.2, 0.25) is 0 Å². The lowest BCUT2D eigenvalue weighted by Crippen LogP contribution is -2.30. The molecule has 132 valence electrons. The zero-order valence-corrected chi connectivity index (χ0v) is 15.6. The van der Waals surface area contributed by atoms with Crippen molar-refractivity contribution in [2.45, 2.75) is 38.1 Å². The zero-order valence-electron chi connectivity index (χ0n) is 14.8. The molecule has 0 bridgehead atoms. The van der Waals surface area contributed by atoms with Crippen LogP contribution in [0.5, 0.6) is 0 Å². The fourth-order valence-electron chi connectivity index (χ4n) is 2.84. The molecule has 1 aromatic heterocycles. The maximum Gasteiger partial charge on any atom is 0.234 e. The van der Waals surface area contributed by atoms with Crippen molar-refractivity contribution < 1.29 is 4.79 Å². The Morgan fingerprint density at radius 2 is 1.88 bits per heavy atom. The van der Waals surface area contributed by atoms with Crippen LogP contribution in [0, 0.1) is 13.8 Å². The number of rotatable bonds is 5. The minimum absolute atomic E-state index is 0.0323. The lowest BCUT2D eigenvalue weighted by atomic mass is 10.1. The SMILES string of the molecule is Cc1ccc(NC(=O)CSc2ccc(N3CCCCC3)nn2)cc1C. The third kappa shape index (κ3) is 4.95. The van der Waals surface area contributed by atoms with E-state index in [4.69, 9.17) is 0 Å². The van der Waals surface area contributed by atoms with Crippen LogP contribution in [0.1, 0.15) is 30.4 Å². The van der Waals surface area contributed by atoms with Crippen LogP contribution in [0.4, 0.5) is 11.5 Å². The molecular weight excluding hydrogens is 332 g/mol. The number of amides is 1. The van der Waals surface area contributed by atoms with Crippen LogP contribution >= 0.6 is 11.8 Å². The van der Waals surface area contributed by atoms with Gasteiger partial charge in [-0.1, -0.05) is 17.8 Å². The summed E-state index contributed by atoms with van der Waals surface area (Å²) in [5.74, 6) is 1.23. The number of nitrogens with zero attached hydrogens (tertiary/aromatic N) is 3. The maximum absolute atomic E-state index is 12.1. The predicted molar refractivity (Wildman–Crippen MR) is 103 cm³/mol. The van der Waals surface area contributed by atoms with Crippen LogP contribution in [-0.4, -0.2) is 34.9 Å². The molecule has 0 aliphatic carbocycles. The number of carbonyl (C=O) groups excluding carboxylic acids is 1. The minimum atomic E-state index is -0.0323. The Morgan fingerprint density at radius 3 is 2.56 bits per heavy atom. The highest BCUT2D eigenvalue weighted by atomic mass is 32.2. The highest BCUT2D eigenvalue weighted by molar-refractivity contribution is 7.99. The van der Waals surface area contributed by atoms with Gasteiger partial charge in [0.15, 0.2) is 5.82 Å². The first-order chi connectivity index (χ1) is 12.1. The van der Waals surface area contributed by atoms with Gasteiger partial charge in [0.1, 0.15) is 5.03 Å². The minimum Gasteiger partial charge on any atom is -0.355 e. The van der Waals surface area contributed by atoms with Crippen molar-refractivity contribution in [3.8, 4) is 0 Å². The molecule has 3 rings (SSSR count). The summed E-state index contributed by atoms with van der Waals surface area (Å²) in [6.07, 6.45) is 3.74. The van der Waals surface area contributed by atoms with Crippen LogP contribution < -0.4 is 10.2 Å². The summed E-state index contributed by atoms with van der Waals surface area (Å²) < 4.78 is 0. The van der Waals surface area contributed by atoms with Gasteiger partial charge in [0.05, 0.1) is 5.75 Å². The van der Waals surface area contributed by atoms with Gasteiger partial charge in [-0.2, -0.15) is 0 Å². The fraction of sp³-hybridized carbons (Fsp3) is 0.421. The lowest BCUT2D eigenvalue weighted by Gasteiger charge is -2.27. The molecular formula is C19H24N4OS. The second-order valence-corrected chi connectivity index (χ2v) is 7.41. The molecule has 1 aliphatic heterocycles. The van der Waals surface area contributed by atoms with Gasteiger partial charge in [-0.3, -0.25) is 4.79 Å². The highest BCUT2D eigenvalue weighted by Crippen LogP contribution is 2.21. The van der Waals surface area contributed by atoms with E-state index >= 15 is 0 Å². The Kier molecular flexibility index (Phi) is 5.91. The van der Waals surface area contributed by atoms with E-state index in [2.05, 4.69) is 27.3 Å². The number of thioether (sulfide) groups is 1. The second-order valence-electron chi connectivity index (χ2n) is 6.41. The molecule has 1 fully saturated rings. The molecule has 1 amide bonds. The molecule has 2 heterocycles. The number of carbonyl (C=O) groups is 1. The number of piperidine rings is 1. The van der Waals surface area contributed by atoms with Gasteiger partial charge in [-0.15, -0.1) is 10.2 Å². The number of nitrogens with one attached hydrogen (secondary N) is 1. The number of aromatic nitrogens is 2. The predicted octanol–water partition coefficient (Wildman–Crippen LogP) is 3.81. The Bertz CT molecular complexity index is 727. The van der Waals surface area contributed by atoms with E-state index in [0.717, 1.165) is 29.6 Å². The van der Waals surface area contributed by atoms with Crippen LogP contribution in [0.25, 0.3) is 0 Å². The quantitative estimate of drug-likeness (QED) is 0.826. The molecule has 0 unspecified atom stereocenters. The van der Waals surface area contributed by atoms with E-state index in [1.54, 1.807) is 0 Å².